The zero-order valence-electron chi connectivity index (χ0n) is 7.17. The first-order valence-corrected chi connectivity index (χ1v) is 4.76. The number of aryl methyl sites for hydroxylation is 1. The van der Waals surface area contributed by atoms with Crippen LogP contribution in [0.1, 0.15) is 5.76 Å². The second-order valence-corrected chi connectivity index (χ2v) is 3.60. The molecule has 0 unspecified atom stereocenters. The van der Waals surface area contributed by atoms with Gasteiger partial charge in [0.25, 0.3) is 0 Å². The Bertz CT molecular complexity index is 267. The van der Waals surface area contributed by atoms with Crippen molar-refractivity contribution in [2.75, 3.05) is 12.3 Å². The van der Waals surface area contributed by atoms with E-state index in [1.807, 2.05) is 13.0 Å². The number of rotatable bonds is 4. The Morgan fingerprint density at radius 1 is 1.75 bits per heavy atom. The Balaban J connectivity index is 2.43. The molecule has 1 aromatic heterocycles. The second kappa shape index (κ2) is 4.38. The van der Waals surface area contributed by atoms with E-state index in [1.165, 1.54) is 4.90 Å². The molecule has 1 heterocycles. The van der Waals surface area contributed by atoms with Crippen LogP contribution in [-0.2, 0) is 0 Å². The molecule has 0 saturated carbocycles. The molecule has 0 aliphatic rings. The molecule has 3 heteroatoms. The van der Waals surface area contributed by atoms with Crippen LogP contribution in [0, 0.1) is 6.92 Å². The minimum Gasteiger partial charge on any atom is -0.468 e. The van der Waals surface area contributed by atoms with Gasteiger partial charge in [-0.2, -0.15) is 0 Å². The van der Waals surface area contributed by atoms with E-state index in [-0.39, 0.29) is 0 Å². The Morgan fingerprint density at radius 2 is 2.50 bits per heavy atom. The predicted molar refractivity (Wildman–Crippen MR) is 52.4 cm³/mol. The lowest BCUT2D eigenvalue weighted by Crippen LogP contribution is -2.03. The van der Waals surface area contributed by atoms with Crippen LogP contribution < -0.4 is 5.73 Å². The smallest absolute Gasteiger partial charge is 0.114 e. The van der Waals surface area contributed by atoms with Crippen LogP contribution in [0.2, 0.25) is 0 Å². The van der Waals surface area contributed by atoms with E-state index >= 15 is 0 Å². The first-order chi connectivity index (χ1) is 5.74. The number of nitrogens with two attached hydrogens (primary N) is 1. The summed E-state index contributed by atoms with van der Waals surface area (Å²) in [6.07, 6.45) is 1.70. The van der Waals surface area contributed by atoms with Gasteiger partial charge in [0, 0.05) is 17.2 Å². The minimum atomic E-state index is 0.559. The first kappa shape index (κ1) is 9.42. The molecule has 0 bridgehead atoms. The second-order valence-electron chi connectivity index (χ2n) is 2.58. The molecule has 0 atom stereocenters. The van der Waals surface area contributed by atoms with Crippen molar-refractivity contribution in [3.63, 3.8) is 0 Å². The Kier molecular flexibility index (Phi) is 3.44. The fourth-order valence-electron chi connectivity index (χ4n) is 0.762. The van der Waals surface area contributed by atoms with Crippen molar-refractivity contribution in [1.82, 2.24) is 0 Å². The summed E-state index contributed by atoms with van der Waals surface area (Å²) in [7, 11) is 0. The summed E-state index contributed by atoms with van der Waals surface area (Å²) < 4.78 is 5.15. The molecule has 1 rings (SSSR count). The third kappa shape index (κ3) is 2.43. The summed E-state index contributed by atoms with van der Waals surface area (Å²) in [5, 5.41) is 0. The number of thioether (sulfide) groups is 1. The molecule has 12 heavy (non-hydrogen) atoms. The van der Waals surface area contributed by atoms with E-state index in [1.54, 1.807) is 18.0 Å². The van der Waals surface area contributed by atoms with Crippen LogP contribution in [0.5, 0.6) is 0 Å². The van der Waals surface area contributed by atoms with Crippen molar-refractivity contribution in [1.29, 1.82) is 0 Å². The minimum absolute atomic E-state index is 0.559. The van der Waals surface area contributed by atoms with Crippen LogP contribution in [0.3, 0.4) is 0 Å². The largest absolute Gasteiger partial charge is 0.468 e. The van der Waals surface area contributed by atoms with Gasteiger partial charge in [-0.1, -0.05) is 12.2 Å². The normalized spacial score (nSPS) is 10.2. The topological polar surface area (TPSA) is 39.2 Å². The van der Waals surface area contributed by atoms with Gasteiger partial charge >= 0.3 is 0 Å². The quantitative estimate of drug-likeness (QED) is 0.574. The molecule has 0 radical (unpaired) electrons. The highest BCUT2D eigenvalue weighted by molar-refractivity contribution is 7.99. The van der Waals surface area contributed by atoms with E-state index in [0.717, 1.165) is 17.1 Å². The van der Waals surface area contributed by atoms with Crippen LogP contribution in [0.15, 0.2) is 33.8 Å². The maximum Gasteiger partial charge on any atom is 0.114 e. The lowest BCUT2D eigenvalue weighted by molar-refractivity contribution is 0.527. The molecular weight excluding hydrogens is 170 g/mol. The summed E-state index contributed by atoms with van der Waals surface area (Å²) >= 11 is 1.71. The highest BCUT2D eigenvalue weighted by Crippen LogP contribution is 2.24. The van der Waals surface area contributed by atoms with Gasteiger partial charge < -0.3 is 10.2 Å². The maximum absolute atomic E-state index is 5.41. The Labute approximate surface area is 76.8 Å². The zero-order chi connectivity index (χ0) is 8.97. The fraction of sp³-hybridized carbons (Fsp3) is 0.333. The number of hydrogen-bond acceptors (Lipinski definition) is 3. The summed E-state index contributed by atoms with van der Waals surface area (Å²) in [5.41, 5.74) is 6.47. The van der Waals surface area contributed by atoms with E-state index in [4.69, 9.17) is 10.2 Å². The van der Waals surface area contributed by atoms with E-state index < -0.39 is 0 Å². The molecule has 0 spiro atoms. The van der Waals surface area contributed by atoms with Gasteiger partial charge in [0.05, 0.1) is 6.26 Å². The van der Waals surface area contributed by atoms with Gasteiger partial charge in [0.2, 0.25) is 0 Å². The van der Waals surface area contributed by atoms with Crippen molar-refractivity contribution in [3.05, 3.63) is 30.2 Å². The summed E-state index contributed by atoms with van der Waals surface area (Å²) in [6, 6.07) is 1.96. The van der Waals surface area contributed by atoms with Gasteiger partial charge in [-0.15, -0.1) is 11.8 Å². The van der Waals surface area contributed by atoms with Crippen LogP contribution >= 0.6 is 11.8 Å². The Morgan fingerprint density at radius 3 is 3.00 bits per heavy atom. The average Bonchev–Trinajstić information content (AvgIpc) is 2.47. The molecule has 1 aromatic rings. The molecule has 0 saturated heterocycles. The van der Waals surface area contributed by atoms with E-state index in [9.17, 15) is 0 Å². The lowest BCUT2D eigenvalue weighted by atomic mass is 10.4. The summed E-state index contributed by atoms with van der Waals surface area (Å²) in [4.78, 5) is 1.17. The highest BCUT2D eigenvalue weighted by atomic mass is 32.2. The third-order valence-electron chi connectivity index (χ3n) is 1.53. The molecule has 2 N–H and O–H groups in total. The molecule has 0 aliphatic carbocycles. The SMILES string of the molecule is C=C(CN)CSc1ccoc1C. The average molecular weight is 183 g/mol. The van der Waals surface area contributed by atoms with Crippen LogP contribution in [-0.4, -0.2) is 12.3 Å². The maximum atomic E-state index is 5.41. The van der Waals surface area contributed by atoms with Crippen molar-refractivity contribution in [2.24, 2.45) is 5.73 Å². The monoisotopic (exact) mass is 183 g/mol. The molecule has 0 aliphatic heterocycles. The highest BCUT2D eigenvalue weighted by Gasteiger charge is 2.01. The van der Waals surface area contributed by atoms with Crippen molar-refractivity contribution in [3.8, 4) is 0 Å². The van der Waals surface area contributed by atoms with Crippen LogP contribution in [0.4, 0.5) is 0 Å². The fourth-order valence-corrected chi connectivity index (χ4v) is 1.64. The van der Waals surface area contributed by atoms with Gasteiger partial charge in [0.15, 0.2) is 0 Å². The van der Waals surface area contributed by atoms with E-state index in [0.29, 0.717) is 6.54 Å². The van der Waals surface area contributed by atoms with Crippen LogP contribution in [0.25, 0.3) is 0 Å². The van der Waals surface area contributed by atoms with Gasteiger partial charge in [-0.25, -0.2) is 0 Å². The summed E-state index contributed by atoms with van der Waals surface area (Å²) in [5.74, 6) is 1.83. The molecular formula is C9H13NOS. The van der Waals surface area contributed by atoms with Gasteiger partial charge in [0.1, 0.15) is 5.76 Å². The third-order valence-corrected chi connectivity index (χ3v) is 2.82. The predicted octanol–water partition coefficient (Wildman–Crippen LogP) is 2.20. The number of furan rings is 1. The lowest BCUT2D eigenvalue weighted by Gasteiger charge is -2.00. The van der Waals surface area contributed by atoms with E-state index in [2.05, 4.69) is 6.58 Å². The van der Waals surface area contributed by atoms with Crippen molar-refractivity contribution in [2.45, 2.75) is 11.8 Å². The molecule has 0 fully saturated rings. The molecule has 0 amide bonds. The molecule has 0 aromatic carbocycles. The van der Waals surface area contributed by atoms with Crippen molar-refractivity contribution >= 4 is 11.8 Å². The van der Waals surface area contributed by atoms with Crippen molar-refractivity contribution < 1.29 is 4.42 Å². The molecule has 2 nitrogen and oxygen atoms in total. The summed E-state index contributed by atoms with van der Waals surface area (Å²) in [6.45, 7) is 6.34. The number of hydrogen-bond donors (Lipinski definition) is 1. The Hall–Kier alpha value is -0.670. The zero-order valence-corrected chi connectivity index (χ0v) is 7.99. The van der Waals surface area contributed by atoms with Gasteiger partial charge in [-0.05, 0) is 13.0 Å². The molecule has 66 valence electrons. The van der Waals surface area contributed by atoms with Gasteiger partial charge in [-0.3, -0.25) is 0 Å². The first-order valence-electron chi connectivity index (χ1n) is 3.77. The standard InChI is InChI=1S/C9H13NOS/c1-7(5-10)6-12-9-3-4-11-8(9)2/h3-4H,1,5-6,10H2,2H3.